The average Bonchev–Trinajstić information content (AvgIpc) is 2.69. The minimum atomic E-state index is -0.942. The highest BCUT2D eigenvalue weighted by atomic mass is 32.2. The number of thioether (sulfide) groups is 1. The number of carbonyl (C=O) groups excluding carboxylic acids is 3. The van der Waals surface area contributed by atoms with Crippen LogP contribution >= 0.6 is 11.8 Å². The second-order valence-corrected chi connectivity index (χ2v) is 7.59. The number of benzene rings is 2. The molecule has 1 aliphatic heterocycles. The third-order valence-corrected chi connectivity index (χ3v) is 5.41. The molecule has 1 N–H and O–H groups in total. The van der Waals surface area contributed by atoms with Gasteiger partial charge in [-0.3, -0.25) is 19.3 Å². The van der Waals surface area contributed by atoms with Crippen LogP contribution in [0.2, 0.25) is 0 Å². The fourth-order valence-electron chi connectivity index (χ4n) is 2.78. The largest absolute Gasteiger partial charge is 0.451 e. The molecule has 3 rings (SSSR count). The minimum absolute atomic E-state index is 0.155. The van der Waals surface area contributed by atoms with Crippen molar-refractivity contribution in [2.75, 3.05) is 17.2 Å². The van der Waals surface area contributed by atoms with Gasteiger partial charge in [0.15, 0.2) is 6.10 Å². The second kappa shape index (κ2) is 8.93. The summed E-state index contributed by atoms with van der Waals surface area (Å²) >= 11 is 1.44. The number of rotatable bonds is 6. The second-order valence-electron chi connectivity index (χ2n) is 6.57. The van der Waals surface area contributed by atoms with E-state index in [9.17, 15) is 14.4 Å². The molecular formula is C21H22N2O4S. The fraction of sp³-hybridized carbons (Fsp3) is 0.286. The van der Waals surface area contributed by atoms with Crippen LogP contribution in [0.25, 0.3) is 0 Å². The Morgan fingerprint density at radius 2 is 1.89 bits per heavy atom. The van der Waals surface area contributed by atoms with Gasteiger partial charge in [0.2, 0.25) is 5.91 Å². The number of hydrogen-bond acceptors (Lipinski definition) is 5. The van der Waals surface area contributed by atoms with Crippen LogP contribution < -0.4 is 10.2 Å². The molecule has 1 atom stereocenters. The summed E-state index contributed by atoms with van der Waals surface area (Å²) in [5.41, 5.74) is 2.80. The minimum Gasteiger partial charge on any atom is -0.451 e. The van der Waals surface area contributed by atoms with Gasteiger partial charge in [-0.05, 0) is 31.5 Å². The van der Waals surface area contributed by atoms with Gasteiger partial charge in [0.25, 0.3) is 5.91 Å². The molecule has 28 heavy (non-hydrogen) atoms. The van der Waals surface area contributed by atoms with Crippen LogP contribution in [0.4, 0.5) is 5.69 Å². The normalized spacial score (nSPS) is 14.2. The maximum Gasteiger partial charge on any atom is 0.326 e. The summed E-state index contributed by atoms with van der Waals surface area (Å²) in [5, 5.41) is 2.75. The molecule has 0 fully saturated rings. The molecule has 0 saturated heterocycles. The highest BCUT2D eigenvalue weighted by Crippen LogP contribution is 2.34. The zero-order valence-corrected chi connectivity index (χ0v) is 16.6. The summed E-state index contributed by atoms with van der Waals surface area (Å²) in [6.07, 6.45) is -0.942. The summed E-state index contributed by atoms with van der Waals surface area (Å²) in [7, 11) is 0. The lowest BCUT2D eigenvalue weighted by Gasteiger charge is -2.28. The zero-order chi connectivity index (χ0) is 20.1. The first-order chi connectivity index (χ1) is 13.4. The van der Waals surface area contributed by atoms with E-state index < -0.39 is 12.1 Å². The van der Waals surface area contributed by atoms with Crippen LogP contribution in [0.3, 0.4) is 0 Å². The predicted octanol–water partition coefficient (Wildman–Crippen LogP) is 2.68. The van der Waals surface area contributed by atoms with E-state index in [0.717, 1.165) is 16.0 Å². The summed E-state index contributed by atoms with van der Waals surface area (Å²) < 4.78 is 5.23. The molecule has 1 aliphatic rings. The van der Waals surface area contributed by atoms with E-state index in [4.69, 9.17) is 4.74 Å². The Morgan fingerprint density at radius 3 is 2.64 bits per heavy atom. The first kappa shape index (κ1) is 19.9. The van der Waals surface area contributed by atoms with E-state index in [-0.39, 0.29) is 24.1 Å². The first-order valence-electron chi connectivity index (χ1n) is 8.99. The van der Waals surface area contributed by atoms with E-state index in [1.165, 1.54) is 23.6 Å². The maximum absolute atomic E-state index is 12.3. The molecule has 0 unspecified atom stereocenters. The molecule has 2 aromatic rings. The van der Waals surface area contributed by atoms with Crippen molar-refractivity contribution in [1.29, 1.82) is 0 Å². The lowest BCUT2D eigenvalue weighted by atomic mass is 10.1. The topological polar surface area (TPSA) is 75.7 Å². The number of anilines is 1. The smallest absolute Gasteiger partial charge is 0.326 e. The van der Waals surface area contributed by atoms with Crippen molar-refractivity contribution in [3.8, 4) is 0 Å². The van der Waals surface area contributed by atoms with Gasteiger partial charge in [0.1, 0.15) is 6.54 Å². The first-order valence-corrected chi connectivity index (χ1v) is 9.97. The number of hydrogen-bond donors (Lipinski definition) is 1. The Kier molecular flexibility index (Phi) is 6.36. The molecule has 2 amide bonds. The zero-order valence-electron chi connectivity index (χ0n) is 15.8. The number of amides is 2. The number of ether oxygens (including phenoxy) is 1. The molecule has 0 aromatic heterocycles. The molecule has 0 aliphatic carbocycles. The Balaban J connectivity index is 1.53. The molecule has 1 heterocycles. The average molecular weight is 398 g/mol. The number of nitrogens with one attached hydrogen (secondary N) is 1. The molecule has 146 valence electrons. The molecule has 0 saturated carbocycles. The van der Waals surface area contributed by atoms with Gasteiger partial charge in [-0.25, -0.2) is 0 Å². The SMILES string of the molecule is Cc1ccc(CNC(=O)[C@@H](C)OC(=O)CN2C(=O)CSc3ccccc32)cc1. The molecule has 0 radical (unpaired) electrons. The van der Waals surface area contributed by atoms with Crippen LogP contribution in [0.1, 0.15) is 18.1 Å². The van der Waals surface area contributed by atoms with E-state index in [0.29, 0.717) is 12.2 Å². The van der Waals surface area contributed by atoms with Crippen molar-refractivity contribution in [2.45, 2.75) is 31.4 Å². The summed E-state index contributed by atoms with van der Waals surface area (Å²) in [6, 6.07) is 15.2. The van der Waals surface area contributed by atoms with Gasteiger partial charge in [-0.15, -0.1) is 11.8 Å². The standard InChI is InChI=1S/C21H22N2O4S/c1-14-7-9-16(10-8-14)11-22-21(26)15(2)27-20(25)12-23-17-5-3-4-6-18(17)28-13-19(23)24/h3-10,15H,11-13H2,1-2H3,(H,22,26)/t15-/m1/s1. The van der Waals surface area contributed by atoms with Crippen LogP contribution in [0.5, 0.6) is 0 Å². The van der Waals surface area contributed by atoms with Crippen LogP contribution in [0, 0.1) is 6.92 Å². The van der Waals surface area contributed by atoms with E-state index in [1.54, 1.807) is 6.07 Å². The number of carbonyl (C=O) groups is 3. The molecule has 0 bridgehead atoms. The molecular weight excluding hydrogens is 376 g/mol. The number of fused-ring (bicyclic) bond motifs is 1. The Morgan fingerprint density at radius 1 is 1.18 bits per heavy atom. The summed E-state index contributed by atoms with van der Waals surface area (Å²) in [5.74, 6) is -0.878. The van der Waals surface area contributed by atoms with Crippen LogP contribution in [-0.2, 0) is 25.7 Å². The van der Waals surface area contributed by atoms with Gasteiger partial charge >= 0.3 is 5.97 Å². The Bertz CT molecular complexity index is 882. The third-order valence-electron chi connectivity index (χ3n) is 4.36. The Hall–Kier alpha value is -2.80. The van der Waals surface area contributed by atoms with Crippen molar-refractivity contribution in [3.05, 3.63) is 59.7 Å². The molecule has 2 aromatic carbocycles. The van der Waals surface area contributed by atoms with Crippen molar-refractivity contribution in [2.24, 2.45) is 0 Å². The van der Waals surface area contributed by atoms with E-state index in [1.807, 2.05) is 49.4 Å². The number of esters is 1. The number of nitrogens with zero attached hydrogens (tertiary/aromatic N) is 1. The lowest BCUT2D eigenvalue weighted by Crippen LogP contribution is -2.42. The fourth-order valence-corrected chi connectivity index (χ4v) is 3.72. The van der Waals surface area contributed by atoms with Gasteiger partial charge in [-0.1, -0.05) is 42.0 Å². The van der Waals surface area contributed by atoms with Gasteiger partial charge in [-0.2, -0.15) is 0 Å². The lowest BCUT2D eigenvalue weighted by molar-refractivity contribution is -0.153. The van der Waals surface area contributed by atoms with Gasteiger partial charge in [0, 0.05) is 11.4 Å². The van der Waals surface area contributed by atoms with Crippen molar-refractivity contribution in [3.63, 3.8) is 0 Å². The van der Waals surface area contributed by atoms with Crippen molar-refractivity contribution in [1.82, 2.24) is 5.32 Å². The Labute approximate surface area is 168 Å². The van der Waals surface area contributed by atoms with Gasteiger partial charge in [0.05, 0.1) is 11.4 Å². The summed E-state index contributed by atoms with van der Waals surface area (Å²) in [4.78, 5) is 39.1. The highest BCUT2D eigenvalue weighted by molar-refractivity contribution is 8.00. The number of aryl methyl sites for hydroxylation is 1. The van der Waals surface area contributed by atoms with Crippen molar-refractivity contribution >= 4 is 35.2 Å². The predicted molar refractivity (Wildman–Crippen MR) is 108 cm³/mol. The summed E-state index contributed by atoms with van der Waals surface area (Å²) in [6.45, 7) is 3.65. The molecule has 0 spiro atoms. The van der Waals surface area contributed by atoms with Crippen LogP contribution in [0.15, 0.2) is 53.4 Å². The van der Waals surface area contributed by atoms with Crippen molar-refractivity contribution < 1.29 is 19.1 Å². The molecule has 6 nitrogen and oxygen atoms in total. The molecule has 7 heteroatoms. The maximum atomic E-state index is 12.3. The quantitative estimate of drug-likeness (QED) is 0.757. The van der Waals surface area contributed by atoms with E-state index >= 15 is 0 Å². The van der Waals surface area contributed by atoms with Gasteiger partial charge < -0.3 is 10.1 Å². The number of para-hydroxylation sites is 1. The van der Waals surface area contributed by atoms with E-state index in [2.05, 4.69) is 5.32 Å². The third kappa shape index (κ3) is 4.92. The monoisotopic (exact) mass is 398 g/mol. The highest BCUT2D eigenvalue weighted by Gasteiger charge is 2.28. The van der Waals surface area contributed by atoms with Crippen LogP contribution in [-0.4, -0.2) is 36.2 Å².